The molecule has 7 nitrogen and oxygen atoms in total. The average molecular weight is 356 g/mol. The quantitative estimate of drug-likeness (QED) is 0.749. The van der Waals surface area contributed by atoms with Crippen LogP contribution < -0.4 is 21.3 Å². The molecule has 0 radical (unpaired) electrons. The highest BCUT2D eigenvalue weighted by Crippen LogP contribution is 2.43. The van der Waals surface area contributed by atoms with Crippen LogP contribution >= 0.6 is 0 Å². The minimum Gasteiger partial charge on any atom is -0.393 e. The van der Waals surface area contributed by atoms with Gasteiger partial charge in [-0.1, -0.05) is 18.6 Å². The summed E-state index contributed by atoms with van der Waals surface area (Å²) in [5.74, 6) is 0.697. The number of piperidine rings is 1. The first-order valence-corrected chi connectivity index (χ1v) is 9.61. The predicted octanol–water partition coefficient (Wildman–Crippen LogP) is 1.76. The van der Waals surface area contributed by atoms with Crippen molar-refractivity contribution in [3.05, 3.63) is 24.3 Å². The Labute approximate surface area is 154 Å². The molecule has 2 aliphatic heterocycles. The van der Waals surface area contributed by atoms with Crippen molar-refractivity contribution < 1.29 is 5.11 Å². The van der Waals surface area contributed by atoms with Gasteiger partial charge in [-0.3, -0.25) is 4.90 Å². The summed E-state index contributed by atoms with van der Waals surface area (Å²) in [4.78, 5) is 13.5. The summed E-state index contributed by atoms with van der Waals surface area (Å²) < 4.78 is 0. The summed E-state index contributed by atoms with van der Waals surface area (Å²) in [6.45, 7) is 1.67. The maximum Gasteiger partial charge on any atom is 0.220 e. The molecule has 1 saturated heterocycles. The van der Waals surface area contributed by atoms with E-state index in [0.29, 0.717) is 5.96 Å². The highest BCUT2D eigenvalue weighted by molar-refractivity contribution is 6.07. The Morgan fingerprint density at radius 3 is 2.35 bits per heavy atom. The van der Waals surface area contributed by atoms with Crippen LogP contribution in [0.3, 0.4) is 0 Å². The van der Waals surface area contributed by atoms with Gasteiger partial charge in [0, 0.05) is 13.1 Å². The third-order valence-electron chi connectivity index (χ3n) is 5.78. The molecule has 0 aromatic heterocycles. The molecular weight excluding hydrogens is 328 g/mol. The number of nitrogens with two attached hydrogens (primary N) is 2. The number of aliphatic hydroxyl groups excluding tert-OH is 1. The minimum absolute atomic E-state index is 0.200. The Kier molecular flexibility index (Phi) is 4.48. The van der Waals surface area contributed by atoms with Gasteiger partial charge in [0.1, 0.15) is 5.66 Å². The SMILES string of the molecule is NC1=NC2(CCCCC2)N(c2ccccc2N2CCC(O)CC2)C(N)=N1. The van der Waals surface area contributed by atoms with Crippen molar-refractivity contribution in [3.8, 4) is 0 Å². The lowest BCUT2D eigenvalue weighted by atomic mass is 9.87. The Bertz CT molecular complexity index is 716. The highest BCUT2D eigenvalue weighted by atomic mass is 16.3. The van der Waals surface area contributed by atoms with Crippen LogP contribution in [0.2, 0.25) is 0 Å². The fourth-order valence-electron chi connectivity index (χ4n) is 4.50. The molecule has 0 bridgehead atoms. The normalized spacial score (nSPS) is 23.7. The maximum absolute atomic E-state index is 9.85. The third kappa shape index (κ3) is 3.00. The number of nitrogens with zero attached hydrogens (tertiary/aromatic N) is 4. The lowest BCUT2D eigenvalue weighted by molar-refractivity contribution is 0.145. The Morgan fingerprint density at radius 2 is 1.65 bits per heavy atom. The molecule has 1 spiro atoms. The number of hydrogen-bond donors (Lipinski definition) is 3. The number of benzene rings is 1. The van der Waals surface area contributed by atoms with Gasteiger partial charge in [-0.05, 0) is 50.7 Å². The first-order valence-electron chi connectivity index (χ1n) is 9.61. The van der Waals surface area contributed by atoms with Crippen molar-refractivity contribution in [2.24, 2.45) is 21.5 Å². The molecule has 3 aliphatic rings. The molecule has 26 heavy (non-hydrogen) atoms. The average Bonchev–Trinajstić information content (AvgIpc) is 2.63. The van der Waals surface area contributed by atoms with Crippen LogP contribution in [0.25, 0.3) is 0 Å². The van der Waals surface area contributed by atoms with E-state index in [0.717, 1.165) is 63.0 Å². The van der Waals surface area contributed by atoms with Crippen LogP contribution in [0.15, 0.2) is 34.3 Å². The second-order valence-corrected chi connectivity index (χ2v) is 7.53. The van der Waals surface area contributed by atoms with Crippen molar-refractivity contribution in [2.45, 2.75) is 56.7 Å². The largest absolute Gasteiger partial charge is 0.393 e. The maximum atomic E-state index is 9.85. The van der Waals surface area contributed by atoms with Crippen LogP contribution in [-0.2, 0) is 0 Å². The van der Waals surface area contributed by atoms with E-state index in [1.807, 2.05) is 12.1 Å². The van der Waals surface area contributed by atoms with Crippen molar-refractivity contribution >= 4 is 23.3 Å². The van der Waals surface area contributed by atoms with Gasteiger partial charge in [0.2, 0.25) is 11.9 Å². The summed E-state index contributed by atoms with van der Waals surface area (Å²) in [7, 11) is 0. The number of hydrogen-bond acceptors (Lipinski definition) is 7. The van der Waals surface area contributed by atoms with Crippen molar-refractivity contribution in [1.29, 1.82) is 0 Å². The van der Waals surface area contributed by atoms with Crippen molar-refractivity contribution in [1.82, 2.24) is 0 Å². The van der Waals surface area contributed by atoms with E-state index >= 15 is 0 Å². The van der Waals surface area contributed by atoms with E-state index in [9.17, 15) is 5.11 Å². The first-order chi connectivity index (χ1) is 12.6. The van der Waals surface area contributed by atoms with Gasteiger partial charge in [-0.15, -0.1) is 0 Å². The monoisotopic (exact) mass is 356 g/mol. The van der Waals surface area contributed by atoms with Crippen LogP contribution in [0, 0.1) is 0 Å². The van der Waals surface area contributed by atoms with Gasteiger partial charge < -0.3 is 21.5 Å². The zero-order valence-electron chi connectivity index (χ0n) is 15.1. The van der Waals surface area contributed by atoms with E-state index in [4.69, 9.17) is 16.5 Å². The number of para-hydroxylation sites is 2. The van der Waals surface area contributed by atoms with Crippen LogP contribution in [-0.4, -0.2) is 41.9 Å². The van der Waals surface area contributed by atoms with Crippen LogP contribution in [0.4, 0.5) is 11.4 Å². The number of rotatable bonds is 2. The molecule has 0 amide bonds. The summed E-state index contributed by atoms with van der Waals surface area (Å²) in [6, 6.07) is 8.30. The molecule has 5 N–H and O–H groups in total. The van der Waals surface area contributed by atoms with Gasteiger partial charge >= 0.3 is 0 Å². The van der Waals surface area contributed by atoms with Gasteiger partial charge in [0.15, 0.2) is 0 Å². The highest BCUT2D eigenvalue weighted by Gasteiger charge is 2.43. The molecule has 0 unspecified atom stereocenters. The zero-order chi connectivity index (χ0) is 18.1. The Hall–Kier alpha value is -2.28. The molecule has 2 fully saturated rings. The molecule has 1 aromatic carbocycles. The molecule has 1 saturated carbocycles. The van der Waals surface area contributed by atoms with E-state index < -0.39 is 5.66 Å². The summed E-state index contributed by atoms with van der Waals surface area (Å²) in [5.41, 5.74) is 14.1. The lowest BCUT2D eigenvalue weighted by Gasteiger charge is -2.47. The standard InChI is InChI=1S/C19H28N6O/c20-17-22-18(21)25(19(23-17)10-4-1-5-11-19)16-7-3-2-6-15(16)24-12-8-14(26)9-13-24/h2-3,6-7,14,26H,1,4-5,8-13H2,(H4,20,21,22,23). The fourth-order valence-corrected chi connectivity index (χ4v) is 4.50. The van der Waals surface area contributed by atoms with E-state index in [1.54, 1.807) is 0 Å². The van der Waals surface area contributed by atoms with Gasteiger partial charge in [-0.25, -0.2) is 4.99 Å². The van der Waals surface area contributed by atoms with Crippen LogP contribution in [0.1, 0.15) is 44.9 Å². The number of guanidine groups is 2. The third-order valence-corrected chi connectivity index (χ3v) is 5.78. The second-order valence-electron chi connectivity index (χ2n) is 7.53. The summed E-state index contributed by atoms with van der Waals surface area (Å²) >= 11 is 0. The molecule has 7 heteroatoms. The van der Waals surface area contributed by atoms with Crippen molar-refractivity contribution in [2.75, 3.05) is 22.9 Å². The molecule has 1 aliphatic carbocycles. The first kappa shape index (κ1) is 17.1. The second kappa shape index (κ2) is 6.79. The van der Waals surface area contributed by atoms with Gasteiger partial charge in [0.25, 0.3) is 0 Å². The molecule has 2 heterocycles. The predicted molar refractivity (Wildman–Crippen MR) is 105 cm³/mol. The summed E-state index contributed by atoms with van der Waals surface area (Å²) in [6.07, 6.45) is 6.66. The minimum atomic E-state index is -0.431. The molecule has 1 aromatic rings. The number of aliphatic imine (C=N–C) groups is 2. The molecule has 140 valence electrons. The smallest absolute Gasteiger partial charge is 0.220 e. The molecular formula is C19H28N6O. The van der Waals surface area contributed by atoms with Crippen molar-refractivity contribution in [3.63, 3.8) is 0 Å². The number of anilines is 2. The fraction of sp³-hybridized carbons (Fsp3) is 0.579. The van der Waals surface area contributed by atoms with E-state index in [2.05, 4.69) is 26.9 Å². The molecule has 4 rings (SSSR count). The summed E-state index contributed by atoms with van der Waals surface area (Å²) in [5, 5.41) is 9.85. The van der Waals surface area contributed by atoms with E-state index in [1.165, 1.54) is 6.42 Å². The van der Waals surface area contributed by atoms with Gasteiger partial charge in [0.05, 0.1) is 17.5 Å². The lowest BCUT2D eigenvalue weighted by Crippen LogP contribution is -2.58. The number of aliphatic hydroxyl groups is 1. The molecule has 0 atom stereocenters. The van der Waals surface area contributed by atoms with Gasteiger partial charge in [-0.2, -0.15) is 4.99 Å². The van der Waals surface area contributed by atoms with E-state index in [-0.39, 0.29) is 12.1 Å². The Morgan fingerprint density at radius 1 is 1.00 bits per heavy atom. The van der Waals surface area contributed by atoms with Crippen LogP contribution in [0.5, 0.6) is 0 Å². The Balaban J connectivity index is 1.75. The zero-order valence-corrected chi connectivity index (χ0v) is 15.1. The topological polar surface area (TPSA) is 103 Å².